The van der Waals surface area contributed by atoms with Crippen molar-refractivity contribution in [1.29, 1.82) is 0 Å². The number of hydrogen-bond acceptors (Lipinski definition) is 4. The van der Waals surface area contributed by atoms with Crippen LogP contribution in [0.1, 0.15) is 37.4 Å². The molecule has 0 saturated heterocycles. The molecule has 8 heteroatoms. The molecule has 0 unspecified atom stereocenters. The number of benzene rings is 2. The molecular formula is C21H25FN2O4S. The highest BCUT2D eigenvalue weighted by atomic mass is 32.2. The van der Waals surface area contributed by atoms with Crippen molar-refractivity contribution in [2.75, 3.05) is 12.8 Å². The van der Waals surface area contributed by atoms with Gasteiger partial charge in [0.05, 0.1) is 18.8 Å². The number of carbonyl (C=O) groups is 1. The van der Waals surface area contributed by atoms with Gasteiger partial charge in [0, 0.05) is 24.1 Å². The molecule has 1 aliphatic heterocycles. The number of carbonyl (C=O) groups excluding carboxylic acids is 1. The van der Waals surface area contributed by atoms with Crippen LogP contribution < -0.4 is 10.1 Å². The molecule has 0 saturated carbocycles. The molecule has 29 heavy (non-hydrogen) atoms. The zero-order valence-electron chi connectivity index (χ0n) is 16.7. The van der Waals surface area contributed by atoms with Gasteiger partial charge in [-0.15, -0.1) is 0 Å². The van der Waals surface area contributed by atoms with Gasteiger partial charge >= 0.3 is 0 Å². The Kier molecular flexibility index (Phi) is 5.95. The number of nitrogens with zero attached hydrogens (tertiary/aromatic N) is 1. The molecule has 1 aliphatic rings. The molecule has 0 radical (unpaired) electrons. The molecule has 1 amide bonds. The van der Waals surface area contributed by atoms with E-state index in [1.54, 1.807) is 6.07 Å². The standard InChI is InChI=1S/C21H25FN2O4S/c1-21(2)12-18(16-9-5-7-11-19(16)28-21)23-20(25)14-24(29(3,26)27)13-15-8-4-6-10-17(15)22/h4-11,18H,12-14H2,1-3H3,(H,23,25)/t18-/m0/s1. The molecule has 0 fully saturated rings. The molecule has 0 bridgehead atoms. The van der Waals surface area contributed by atoms with Crippen LogP contribution in [0.2, 0.25) is 0 Å². The highest BCUT2D eigenvalue weighted by Crippen LogP contribution is 2.39. The number of para-hydroxylation sites is 1. The minimum atomic E-state index is -3.72. The van der Waals surface area contributed by atoms with Gasteiger partial charge in [0.25, 0.3) is 0 Å². The average Bonchev–Trinajstić information content (AvgIpc) is 2.61. The van der Waals surface area contributed by atoms with Gasteiger partial charge in [-0.1, -0.05) is 36.4 Å². The van der Waals surface area contributed by atoms with Crippen molar-refractivity contribution in [3.05, 3.63) is 65.5 Å². The molecule has 2 aromatic rings. The maximum absolute atomic E-state index is 14.0. The van der Waals surface area contributed by atoms with Crippen molar-refractivity contribution >= 4 is 15.9 Å². The smallest absolute Gasteiger partial charge is 0.235 e. The molecule has 1 N–H and O–H groups in total. The number of sulfonamides is 1. The van der Waals surface area contributed by atoms with Gasteiger partial charge < -0.3 is 10.1 Å². The van der Waals surface area contributed by atoms with E-state index >= 15 is 0 Å². The lowest BCUT2D eigenvalue weighted by molar-refractivity contribution is -0.122. The Balaban J connectivity index is 1.76. The predicted molar refractivity (Wildman–Crippen MR) is 108 cm³/mol. The van der Waals surface area contributed by atoms with Gasteiger partial charge in [-0.3, -0.25) is 4.79 Å². The molecule has 3 rings (SSSR count). The van der Waals surface area contributed by atoms with Gasteiger partial charge in [0.15, 0.2) is 0 Å². The van der Waals surface area contributed by atoms with Crippen molar-refractivity contribution in [2.45, 2.75) is 38.5 Å². The summed E-state index contributed by atoms with van der Waals surface area (Å²) in [4.78, 5) is 12.7. The second kappa shape index (κ2) is 8.12. The summed E-state index contributed by atoms with van der Waals surface area (Å²) in [5.74, 6) is -0.272. The van der Waals surface area contributed by atoms with E-state index in [0.717, 1.165) is 16.1 Å². The molecule has 0 aliphatic carbocycles. The Hall–Kier alpha value is -2.45. The monoisotopic (exact) mass is 420 g/mol. The summed E-state index contributed by atoms with van der Waals surface area (Å²) in [6, 6.07) is 13.1. The molecule has 156 valence electrons. The van der Waals surface area contributed by atoms with E-state index in [0.29, 0.717) is 12.2 Å². The summed E-state index contributed by atoms with van der Waals surface area (Å²) in [7, 11) is -3.72. The van der Waals surface area contributed by atoms with Crippen molar-refractivity contribution in [1.82, 2.24) is 9.62 Å². The van der Waals surface area contributed by atoms with Crippen LogP contribution in [-0.2, 0) is 21.4 Å². The number of rotatable bonds is 6. The summed E-state index contributed by atoms with van der Waals surface area (Å²) < 4.78 is 45.3. The number of ether oxygens (including phenoxy) is 1. The van der Waals surface area contributed by atoms with E-state index in [1.165, 1.54) is 18.2 Å². The van der Waals surface area contributed by atoms with E-state index in [1.807, 2.05) is 38.1 Å². The minimum absolute atomic E-state index is 0.211. The van der Waals surface area contributed by atoms with Crippen molar-refractivity contribution < 1.29 is 22.3 Å². The SMILES string of the molecule is CC1(C)C[C@H](NC(=O)CN(Cc2ccccc2F)S(C)(=O)=O)c2ccccc2O1. The van der Waals surface area contributed by atoms with Crippen LogP contribution in [0.3, 0.4) is 0 Å². The van der Waals surface area contributed by atoms with Crippen LogP contribution in [-0.4, -0.2) is 37.0 Å². The largest absolute Gasteiger partial charge is 0.487 e. The Morgan fingerprint density at radius 3 is 2.55 bits per heavy atom. The first kappa shape index (κ1) is 21.3. The molecule has 1 atom stereocenters. The van der Waals surface area contributed by atoms with Crippen LogP contribution in [0.25, 0.3) is 0 Å². The number of fused-ring (bicyclic) bond motifs is 1. The quantitative estimate of drug-likeness (QED) is 0.780. The van der Waals surface area contributed by atoms with E-state index in [2.05, 4.69) is 5.32 Å². The van der Waals surface area contributed by atoms with E-state index in [9.17, 15) is 17.6 Å². The van der Waals surface area contributed by atoms with Crippen LogP contribution in [0.5, 0.6) is 5.75 Å². The van der Waals surface area contributed by atoms with Crippen LogP contribution in [0.4, 0.5) is 4.39 Å². The molecule has 0 aromatic heterocycles. The Morgan fingerprint density at radius 2 is 1.86 bits per heavy atom. The molecule has 2 aromatic carbocycles. The first-order valence-corrected chi connectivity index (χ1v) is 11.2. The fraction of sp³-hybridized carbons (Fsp3) is 0.381. The topological polar surface area (TPSA) is 75.7 Å². The first-order valence-electron chi connectivity index (χ1n) is 9.31. The van der Waals surface area contributed by atoms with Gasteiger partial charge in [-0.05, 0) is 26.0 Å². The first-order chi connectivity index (χ1) is 13.5. The number of amides is 1. The van der Waals surface area contributed by atoms with Crippen molar-refractivity contribution in [3.63, 3.8) is 0 Å². The minimum Gasteiger partial charge on any atom is -0.487 e. The van der Waals surface area contributed by atoms with Gasteiger partial charge in [0.1, 0.15) is 17.2 Å². The molecular weight excluding hydrogens is 395 g/mol. The summed E-state index contributed by atoms with van der Waals surface area (Å²) in [5, 5.41) is 2.91. The second-order valence-corrected chi connectivity index (χ2v) is 9.83. The molecule has 6 nitrogen and oxygen atoms in total. The second-order valence-electron chi connectivity index (χ2n) is 7.85. The van der Waals surface area contributed by atoms with Crippen LogP contribution >= 0.6 is 0 Å². The zero-order chi connectivity index (χ0) is 21.2. The van der Waals surface area contributed by atoms with Crippen molar-refractivity contribution in [2.24, 2.45) is 0 Å². The zero-order valence-corrected chi connectivity index (χ0v) is 17.5. The Bertz CT molecular complexity index is 1010. The highest BCUT2D eigenvalue weighted by molar-refractivity contribution is 7.88. The average molecular weight is 421 g/mol. The third-order valence-electron chi connectivity index (χ3n) is 4.81. The third-order valence-corrected chi connectivity index (χ3v) is 6.00. The number of hydrogen-bond donors (Lipinski definition) is 1. The lowest BCUT2D eigenvalue weighted by Gasteiger charge is -2.38. The van der Waals surface area contributed by atoms with Gasteiger partial charge in [-0.25, -0.2) is 12.8 Å². The summed E-state index contributed by atoms with van der Waals surface area (Å²) in [6.45, 7) is 3.26. The number of halogens is 1. The van der Waals surface area contributed by atoms with Gasteiger partial charge in [-0.2, -0.15) is 4.31 Å². The van der Waals surface area contributed by atoms with Crippen molar-refractivity contribution in [3.8, 4) is 5.75 Å². The summed E-state index contributed by atoms with van der Waals surface area (Å²) in [5.41, 5.74) is 0.583. The van der Waals surface area contributed by atoms with E-state index < -0.39 is 33.9 Å². The molecule has 1 heterocycles. The van der Waals surface area contributed by atoms with E-state index in [4.69, 9.17) is 4.74 Å². The van der Waals surface area contributed by atoms with Gasteiger partial charge in [0.2, 0.25) is 15.9 Å². The number of nitrogens with one attached hydrogen (secondary N) is 1. The fourth-order valence-corrected chi connectivity index (χ4v) is 4.16. The van der Waals surface area contributed by atoms with E-state index in [-0.39, 0.29) is 18.2 Å². The maximum Gasteiger partial charge on any atom is 0.235 e. The lowest BCUT2D eigenvalue weighted by atomic mass is 9.89. The fourth-order valence-electron chi connectivity index (χ4n) is 3.44. The lowest BCUT2D eigenvalue weighted by Crippen LogP contribution is -2.45. The van der Waals surface area contributed by atoms with Crippen LogP contribution in [0.15, 0.2) is 48.5 Å². The molecule has 0 spiro atoms. The van der Waals surface area contributed by atoms with Crippen LogP contribution in [0, 0.1) is 5.82 Å². The Morgan fingerprint density at radius 1 is 1.21 bits per heavy atom. The summed E-state index contributed by atoms with van der Waals surface area (Å²) in [6.07, 6.45) is 1.55. The third kappa shape index (κ3) is 5.33. The predicted octanol–water partition coefficient (Wildman–Crippen LogP) is 3.01. The normalized spacial score (nSPS) is 18.0. The Labute approximate surface area is 170 Å². The summed E-state index contributed by atoms with van der Waals surface area (Å²) >= 11 is 0. The maximum atomic E-state index is 14.0. The highest BCUT2D eigenvalue weighted by Gasteiger charge is 2.34.